The van der Waals surface area contributed by atoms with E-state index in [0.29, 0.717) is 11.4 Å². The molecule has 0 unspecified atom stereocenters. The van der Waals surface area contributed by atoms with Crippen LogP contribution in [0.25, 0.3) is 17.0 Å². The Labute approximate surface area is 187 Å². The molecule has 168 valence electrons. The molecule has 0 spiro atoms. The molecule has 6 nitrogen and oxygen atoms in total. The topological polar surface area (TPSA) is 71.2 Å². The number of hydrogen-bond acceptors (Lipinski definition) is 5. The minimum atomic E-state index is -0.429. The molecule has 3 heterocycles. The van der Waals surface area contributed by atoms with Crippen molar-refractivity contribution in [3.05, 3.63) is 60.3 Å². The first-order valence-electron chi connectivity index (χ1n) is 11.0. The maximum absolute atomic E-state index is 14.4. The van der Waals surface area contributed by atoms with Gasteiger partial charge in [-0.3, -0.25) is 4.98 Å². The Morgan fingerprint density at radius 2 is 2.06 bits per heavy atom. The van der Waals surface area contributed by atoms with Gasteiger partial charge in [0.1, 0.15) is 5.75 Å². The number of para-hydroxylation sites is 1. The smallest absolute Gasteiger partial charge is 0.177 e. The monoisotopic (exact) mass is 436 g/mol. The van der Waals surface area contributed by atoms with E-state index >= 15 is 0 Å². The van der Waals surface area contributed by atoms with E-state index in [9.17, 15) is 4.39 Å². The number of nitrogens with zero attached hydrogens (tertiary/aromatic N) is 1. The Bertz CT molecular complexity index is 1120. The van der Waals surface area contributed by atoms with E-state index in [1.165, 1.54) is 13.2 Å². The van der Waals surface area contributed by atoms with Crippen molar-refractivity contribution in [2.45, 2.75) is 39.2 Å². The van der Waals surface area contributed by atoms with E-state index in [-0.39, 0.29) is 11.9 Å². The van der Waals surface area contributed by atoms with Crippen LogP contribution in [-0.2, 0) is 6.42 Å². The molecule has 32 heavy (non-hydrogen) atoms. The molecule has 3 N–H and O–H groups in total. The summed E-state index contributed by atoms with van der Waals surface area (Å²) >= 11 is 0. The summed E-state index contributed by atoms with van der Waals surface area (Å²) in [6.07, 6.45) is 6.20. The molecule has 3 aromatic rings. The number of H-pyrrole nitrogens is 1. The lowest BCUT2D eigenvalue weighted by Gasteiger charge is -2.20. The Balaban J connectivity index is 1.87. The summed E-state index contributed by atoms with van der Waals surface area (Å²) in [5.74, 6) is 0.431. The molecule has 4 rings (SSSR count). The fraction of sp³-hybridized carbons (Fsp3) is 0.320. The van der Waals surface area contributed by atoms with Gasteiger partial charge in [0.05, 0.1) is 36.5 Å². The van der Waals surface area contributed by atoms with Gasteiger partial charge in [-0.1, -0.05) is 26.5 Å². The molecule has 0 radical (unpaired) electrons. The van der Waals surface area contributed by atoms with E-state index in [2.05, 4.69) is 41.0 Å². The third-order valence-electron chi connectivity index (χ3n) is 5.78. The summed E-state index contributed by atoms with van der Waals surface area (Å²) in [6, 6.07) is 6.75. The Morgan fingerprint density at radius 3 is 2.81 bits per heavy atom. The predicted octanol–water partition coefficient (Wildman–Crippen LogP) is 5.65. The summed E-state index contributed by atoms with van der Waals surface area (Å²) < 4.78 is 26.0. The summed E-state index contributed by atoms with van der Waals surface area (Å²) in [5, 5.41) is 6.74. The maximum atomic E-state index is 14.4. The van der Waals surface area contributed by atoms with Crippen LogP contribution >= 0.6 is 0 Å². The molecule has 1 aromatic carbocycles. The number of methoxy groups -OCH3 is 1. The lowest BCUT2D eigenvalue weighted by molar-refractivity contribution is 0.193. The van der Waals surface area contributed by atoms with Crippen molar-refractivity contribution >= 4 is 17.1 Å². The number of anilines is 2. The van der Waals surface area contributed by atoms with Gasteiger partial charge in [-0.25, -0.2) is 4.39 Å². The molecular weight excluding hydrogens is 407 g/mol. The molecule has 0 saturated heterocycles. The van der Waals surface area contributed by atoms with E-state index in [4.69, 9.17) is 9.47 Å². The maximum Gasteiger partial charge on any atom is 0.177 e. The molecule has 0 amide bonds. The fourth-order valence-electron chi connectivity index (χ4n) is 4.09. The minimum Gasteiger partial charge on any atom is -0.492 e. The first kappa shape index (κ1) is 21.7. The Kier molecular flexibility index (Phi) is 6.35. The minimum absolute atomic E-state index is 0.0962. The number of nitrogens with one attached hydrogen (secondary N) is 3. The van der Waals surface area contributed by atoms with Crippen LogP contribution in [0, 0.1) is 5.82 Å². The summed E-state index contributed by atoms with van der Waals surface area (Å²) in [7, 11) is 1.46. The number of aromatic amines is 1. The number of rotatable bonds is 8. The van der Waals surface area contributed by atoms with Crippen molar-refractivity contribution in [1.82, 2.24) is 15.3 Å². The highest BCUT2D eigenvalue weighted by atomic mass is 19.1. The van der Waals surface area contributed by atoms with E-state index < -0.39 is 5.82 Å². The summed E-state index contributed by atoms with van der Waals surface area (Å²) in [6.45, 7) is 9.21. The van der Waals surface area contributed by atoms with Crippen molar-refractivity contribution in [2.24, 2.45) is 0 Å². The molecule has 1 aliphatic heterocycles. The highest BCUT2D eigenvalue weighted by Crippen LogP contribution is 2.44. The van der Waals surface area contributed by atoms with Crippen LogP contribution in [0.3, 0.4) is 0 Å². The van der Waals surface area contributed by atoms with Gasteiger partial charge in [-0.15, -0.1) is 0 Å². The van der Waals surface area contributed by atoms with Crippen LogP contribution in [0.5, 0.6) is 11.5 Å². The van der Waals surface area contributed by atoms with Crippen LogP contribution < -0.4 is 20.1 Å². The largest absolute Gasteiger partial charge is 0.492 e. The van der Waals surface area contributed by atoms with Crippen LogP contribution in [-0.4, -0.2) is 29.7 Å². The molecule has 0 atom stereocenters. The van der Waals surface area contributed by atoms with Gasteiger partial charge >= 0.3 is 0 Å². The van der Waals surface area contributed by atoms with Crippen molar-refractivity contribution in [3.8, 4) is 22.8 Å². The highest BCUT2D eigenvalue weighted by molar-refractivity contribution is 5.92. The third-order valence-corrected chi connectivity index (χ3v) is 5.78. The van der Waals surface area contributed by atoms with E-state index in [1.54, 1.807) is 24.5 Å². The van der Waals surface area contributed by atoms with Crippen LogP contribution in [0.1, 0.15) is 37.9 Å². The second-order valence-electron chi connectivity index (χ2n) is 7.76. The molecule has 2 aromatic heterocycles. The predicted molar refractivity (Wildman–Crippen MR) is 126 cm³/mol. The zero-order valence-electron chi connectivity index (χ0n) is 18.7. The van der Waals surface area contributed by atoms with Gasteiger partial charge in [0, 0.05) is 41.7 Å². The molecule has 0 fully saturated rings. The zero-order chi connectivity index (χ0) is 22.7. The van der Waals surface area contributed by atoms with Crippen LogP contribution in [0.15, 0.2) is 43.2 Å². The Morgan fingerprint density at radius 1 is 1.25 bits per heavy atom. The van der Waals surface area contributed by atoms with Crippen molar-refractivity contribution in [1.29, 1.82) is 0 Å². The number of ether oxygens (including phenoxy) is 2. The molecule has 0 aliphatic carbocycles. The highest BCUT2D eigenvalue weighted by Gasteiger charge is 2.26. The SMILES string of the molecule is C=C1NCCc2[nH]c(-c3ccncc3OC(CC)CC)c(Nc3cccc(F)c3OC)c21. The Hall–Kier alpha value is -3.48. The van der Waals surface area contributed by atoms with Crippen LogP contribution in [0.4, 0.5) is 15.8 Å². The molecule has 7 heteroatoms. The lowest BCUT2D eigenvalue weighted by atomic mass is 10.0. The molecule has 0 bridgehead atoms. The van der Waals surface area contributed by atoms with Crippen molar-refractivity contribution in [2.75, 3.05) is 19.0 Å². The van der Waals surface area contributed by atoms with E-state index in [1.807, 2.05) is 6.07 Å². The number of aromatic nitrogens is 2. The van der Waals surface area contributed by atoms with Gasteiger partial charge in [0.2, 0.25) is 0 Å². The number of benzene rings is 1. The lowest BCUT2D eigenvalue weighted by Crippen LogP contribution is -2.21. The first-order valence-corrected chi connectivity index (χ1v) is 11.0. The summed E-state index contributed by atoms with van der Waals surface area (Å²) in [4.78, 5) is 7.85. The quantitative estimate of drug-likeness (QED) is 0.426. The van der Waals surface area contributed by atoms with Crippen LogP contribution in [0.2, 0.25) is 0 Å². The zero-order valence-corrected chi connectivity index (χ0v) is 18.7. The third kappa shape index (κ3) is 4.02. The normalized spacial score (nSPS) is 13.0. The average Bonchev–Trinajstić information content (AvgIpc) is 3.17. The summed E-state index contributed by atoms with van der Waals surface area (Å²) in [5.41, 5.74) is 5.87. The van der Waals surface area contributed by atoms with Gasteiger partial charge in [-0.2, -0.15) is 0 Å². The van der Waals surface area contributed by atoms with Gasteiger partial charge in [-0.05, 0) is 31.0 Å². The number of hydrogen-bond donors (Lipinski definition) is 3. The van der Waals surface area contributed by atoms with E-state index in [0.717, 1.165) is 59.7 Å². The standard InChI is InChI=1S/C25H29FN4O2/c1-5-16(6-2)32-21-14-27-12-10-17(21)23-24(22-15(3)28-13-11-19(22)29-23)30-20-9-7-8-18(26)25(20)31-4/h7-10,12,14,16,28-30H,3,5-6,11,13H2,1-2,4H3. The van der Waals surface area contributed by atoms with Crippen molar-refractivity contribution < 1.29 is 13.9 Å². The van der Waals surface area contributed by atoms with Gasteiger partial charge < -0.3 is 25.1 Å². The number of fused-ring (bicyclic) bond motifs is 1. The van der Waals surface area contributed by atoms with Crippen molar-refractivity contribution in [3.63, 3.8) is 0 Å². The van der Waals surface area contributed by atoms with Gasteiger partial charge in [0.25, 0.3) is 0 Å². The van der Waals surface area contributed by atoms with Gasteiger partial charge in [0.15, 0.2) is 11.6 Å². The fourth-order valence-corrected chi connectivity index (χ4v) is 4.09. The molecular formula is C25H29FN4O2. The number of halogens is 1. The second kappa shape index (κ2) is 9.34. The molecule has 0 saturated carbocycles. The second-order valence-corrected chi connectivity index (χ2v) is 7.76. The molecule has 1 aliphatic rings. The first-order chi connectivity index (χ1) is 15.6. The average molecular weight is 437 g/mol. The number of pyridine rings is 1.